The van der Waals surface area contributed by atoms with Gasteiger partial charge in [0.1, 0.15) is 24.4 Å². The Kier molecular flexibility index (Phi) is 32.1. The highest BCUT2D eigenvalue weighted by Crippen LogP contribution is 2.39. The normalized spacial score (nSPS) is 12.2. The van der Waals surface area contributed by atoms with Crippen LogP contribution in [0.4, 0.5) is 13.2 Å². The van der Waals surface area contributed by atoms with Crippen LogP contribution < -0.4 is 0 Å². The molecule has 0 radical (unpaired) electrons. The van der Waals surface area contributed by atoms with Crippen LogP contribution in [0.5, 0.6) is 0 Å². The molecule has 1 aliphatic rings. The first-order valence-corrected chi connectivity index (χ1v) is 21.5. The van der Waals surface area contributed by atoms with E-state index >= 15 is 0 Å². The Balaban J connectivity index is -0.000000814. The van der Waals surface area contributed by atoms with Crippen molar-refractivity contribution in [2.24, 2.45) is 0 Å². The summed E-state index contributed by atoms with van der Waals surface area (Å²) in [6, 6.07) is 22.3. The van der Waals surface area contributed by atoms with Gasteiger partial charge in [-0.3, -0.25) is 14.4 Å². The van der Waals surface area contributed by atoms with Gasteiger partial charge in [-0.1, -0.05) is 96.4 Å². The van der Waals surface area contributed by atoms with Crippen molar-refractivity contribution in [3.8, 4) is 0 Å². The number of aliphatic hydroxyl groups is 2. The molecule has 71 heavy (non-hydrogen) atoms. The Bertz CT molecular complexity index is 2150. The maximum Gasteiger partial charge on any atom is 0.490 e. The zero-order chi connectivity index (χ0) is 56.1. The van der Waals surface area contributed by atoms with E-state index in [1.807, 2.05) is 83.1 Å². The van der Waals surface area contributed by atoms with Crippen molar-refractivity contribution < 1.29 is 95.6 Å². The Hall–Kier alpha value is -6.48. The number of methoxy groups -OCH3 is 3. The lowest BCUT2D eigenvalue weighted by Gasteiger charge is -2.23. The monoisotopic (exact) mass is 1010 g/mol. The molecule has 0 fully saturated rings. The van der Waals surface area contributed by atoms with Gasteiger partial charge in [0.25, 0.3) is 0 Å². The summed E-state index contributed by atoms with van der Waals surface area (Å²) in [7, 11) is 5.23. The maximum atomic E-state index is 12.2. The van der Waals surface area contributed by atoms with E-state index in [-0.39, 0.29) is 31.2 Å². The molecule has 20 heteroatoms. The Morgan fingerprint density at radius 2 is 1.06 bits per heavy atom. The third kappa shape index (κ3) is 28.7. The summed E-state index contributed by atoms with van der Waals surface area (Å²) in [6.07, 6.45) is -5.38. The second-order valence-corrected chi connectivity index (χ2v) is 16.6. The lowest BCUT2D eigenvalue weighted by molar-refractivity contribution is -0.203. The van der Waals surface area contributed by atoms with Gasteiger partial charge in [-0.2, -0.15) is 13.2 Å². The van der Waals surface area contributed by atoms with Crippen LogP contribution in [0.2, 0.25) is 0 Å². The number of halogens is 3. The number of benzene rings is 3. The van der Waals surface area contributed by atoms with Gasteiger partial charge in [-0.15, -0.1) is 0 Å². The van der Waals surface area contributed by atoms with E-state index in [0.717, 1.165) is 29.4 Å². The standard InChI is InChI=1S/C14H18O4.C14H16O3.C11H14O2.C5H7F3O2.C3H6O3.C3H6O2.CH4O/c1-10-5-7-11(8-6-10)13(16)14(2,3)18-12(15)9-17-4;1-9-5-7-10(8-6-9)11-12(16-4)13(15)17-14(11,2)3;1-8-4-6-9(7-5-8)10(12)11(2,3)13;1-3(2)10-4(9)5(6,7)8;1-6-2-3(4)5;1-2-3(4)5;1-2/h5-8H,9H2,1-4H3;5-8H,1-4H3;4-7,13H,1-3H3;3H,1-2H3;2H2,1H3,(H,4,5);2H2,1H3,(H,4,5);2H,1H3. The molecule has 0 saturated carbocycles. The fourth-order valence-electron chi connectivity index (χ4n) is 5.08. The van der Waals surface area contributed by atoms with E-state index in [2.05, 4.69) is 14.2 Å². The summed E-state index contributed by atoms with van der Waals surface area (Å²) in [4.78, 5) is 75.5. The number of alkyl halides is 3. The van der Waals surface area contributed by atoms with E-state index in [4.69, 9.17) is 29.5 Å². The number of hydrogen-bond acceptors (Lipinski definition) is 15. The number of aryl methyl sites for hydroxylation is 3. The Morgan fingerprint density at radius 3 is 1.34 bits per heavy atom. The van der Waals surface area contributed by atoms with Crippen LogP contribution in [0.15, 0.2) is 78.6 Å². The van der Waals surface area contributed by atoms with Crippen molar-refractivity contribution >= 4 is 47.0 Å². The second-order valence-electron chi connectivity index (χ2n) is 16.6. The molecule has 0 aliphatic carbocycles. The number of carbonyl (C=O) groups excluding carboxylic acids is 5. The summed E-state index contributed by atoms with van der Waals surface area (Å²) in [6.45, 7) is 19.7. The first-order chi connectivity index (χ1) is 32.6. The minimum Gasteiger partial charge on any atom is -0.490 e. The molecule has 1 aliphatic heterocycles. The zero-order valence-electron chi connectivity index (χ0n) is 43.4. The minimum absolute atomic E-state index is 0.162. The lowest BCUT2D eigenvalue weighted by Crippen LogP contribution is -2.38. The van der Waals surface area contributed by atoms with Crippen molar-refractivity contribution in [1.29, 1.82) is 0 Å². The molecule has 0 unspecified atom stereocenters. The topological polar surface area (TPSA) is 256 Å². The molecule has 3 aromatic carbocycles. The number of ether oxygens (including phenoxy) is 6. The van der Waals surface area contributed by atoms with Gasteiger partial charge in [-0.05, 0) is 81.7 Å². The highest BCUT2D eigenvalue weighted by molar-refractivity contribution is 6.03. The van der Waals surface area contributed by atoms with Gasteiger partial charge in [0, 0.05) is 38.9 Å². The number of aliphatic carboxylic acids is 2. The third-order valence-corrected chi connectivity index (χ3v) is 8.41. The van der Waals surface area contributed by atoms with Gasteiger partial charge in [0.2, 0.25) is 11.5 Å². The average Bonchev–Trinajstić information content (AvgIpc) is 3.51. The zero-order valence-corrected chi connectivity index (χ0v) is 43.4. The van der Waals surface area contributed by atoms with Crippen LogP contribution in [0.1, 0.15) is 112 Å². The lowest BCUT2D eigenvalue weighted by atomic mass is 9.91. The average molecular weight is 1010 g/mol. The molecule has 0 bridgehead atoms. The molecule has 0 aromatic heterocycles. The molecular weight excluding hydrogens is 942 g/mol. The van der Waals surface area contributed by atoms with Gasteiger partial charge >= 0.3 is 36.0 Å². The third-order valence-electron chi connectivity index (χ3n) is 8.41. The molecular formula is C51H71F3O17. The number of rotatable bonds is 13. The highest BCUT2D eigenvalue weighted by Gasteiger charge is 2.43. The summed E-state index contributed by atoms with van der Waals surface area (Å²) in [5, 5.41) is 32.0. The number of cyclic esters (lactones) is 1. The maximum absolute atomic E-state index is 12.2. The molecule has 4 N–H and O–H groups in total. The number of carboxylic acid groups (broad SMARTS) is 2. The van der Waals surface area contributed by atoms with Gasteiger partial charge in [0.05, 0.1) is 18.8 Å². The Morgan fingerprint density at radius 1 is 0.676 bits per heavy atom. The number of carbonyl (C=O) groups is 7. The minimum atomic E-state index is -4.87. The van der Waals surface area contributed by atoms with E-state index in [1.54, 1.807) is 45.0 Å². The highest BCUT2D eigenvalue weighted by atomic mass is 19.4. The molecule has 1 heterocycles. The van der Waals surface area contributed by atoms with Gasteiger partial charge in [-0.25, -0.2) is 19.2 Å². The molecule has 0 amide bonds. The second kappa shape index (κ2) is 33.2. The van der Waals surface area contributed by atoms with Crippen LogP contribution in [0.3, 0.4) is 0 Å². The predicted octanol–water partition coefficient (Wildman–Crippen LogP) is 8.09. The fourth-order valence-corrected chi connectivity index (χ4v) is 5.08. The molecule has 0 spiro atoms. The van der Waals surface area contributed by atoms with Crippen molar-refractivity contribution in [3.05, 3.63) is 112 Å². The molecule has 4 rings (SSSR count). The summed E-state index contributed by atoms with van der Waals surface area (Å²) in [5.41, 5.74) is 3.09. The first kappa shape index (κ1) is 68.8. The van der Waals surface area contributed by atoms with Gasteiger partial charge < -0.3 is 48.8 Å². The fraction of sp³-hybridized carbons (Fsp3) is 0.471. The molecule has 398 valence electrons. The van der Waals surface area contributed by atoms with Crippen LogP contribution in [0.25, 0.3) is 5.57 Å². The van der Waals surface area contributed by atoms with E-state index in [0.29, 0.717) is 16.9 Å². The largest absolute Gasteiger partial charge is 0.490 e. The van der Waals surface area contributed by atoms with Crippen molar-refractivity contribution in [2.45, 2.75) is 119 Å². The van der Waals surface area contributed by atoms with Crippen molar-refractivity contribution in [1.82, 2.24) is 0 Å². The summed E-state index contributed by atoms with van der Waals surface area (Å²) < 4.78 is 62.3. The molecule has 0 saturated heterocycles. The summed E-state index contributed by atoms with van der Waals surface area (Å²) in [5.74, 6) is -4.93. The first-order valence-electron chi connectivity index (χ1n) is 21.5. The summed E-state index contributed by atoms with van der Waals surface area (Å²) >= 11 is 0. The number of Topliss-reactive ketones (excluding diaryl/α,β-unsaturated/α-hetero) is 2. The van der Waals surface area contributed by atoms with E-state index in [9.17, 15) is 51.8 Å². The number of ketones is 2. The number of aliphatic hydroxyl groups excluding tert-OH is 1. The van der Waals surface area contributed by atoms with E-state index in [1.165, 1.54) is 54.6 Å². The van der Waals surface area contributed by atoms with E-state index < -0.39 is 58.9 Å². The van der Waals surface area contributed by atoms with Crippen LogP contribution >= 0.6 is 0 Å². The SMILES string of the molecule is CC(C)OC(=O)C(F)(F)F.CCC(=O)O.CO.COC1=C(c2ccc(C)cc2)C(C)(C)OC1=O.COCC(=O)O.COCC(=O)OC(C)(C)C(=O)c1ccc(C)cc1.Cc1ccc(C(=O)C(C)(C)O)cc1. The molecule has 0 atom stereocenters. The predicted molar refractivity (Wildman–Crippen MR) is 258 cm³/mol. The van der Waals surface area contributed by atoms with Crippen molar-refractivity contribution in [3.63, 3.8) is 0 Å². The number of carboxylic acids is 2. The number of hydrogen-bond donors (Lipinski definition) is 4. The van der Waals surface area contributed by atoms with Crippen LogP contribution in [-0.4, -0.2) is 133 Å². The van der Waals surface area contributed by atoms with Crippen molar-refractivity contribution in [2.75, 3.05) is 41.7 Å². The van der Waals surface area contributed by atoms with Crippen LogP contribution in [0, 0.1) is 20.8 Å². The van der Waals surface area contributed by atoms with Gasteiger partial charge in [0.15, 0.2) is 11.4 Å². The quantitative estimate of drug-likeness (QED) is 0.0716. The van der Waals surface area contributed by atoms with Crippen LogP contribution in [-0.2, 0) is 52.4 Å². The smallest absolute Gasteiger partial charge is 0.490 e. The number of esters is 3. The molecule has 3 aromatic rings. The Labute approximate surface area is 413 Å². The molecule has 17 nitrogen and oxygen atoms in total.